The first-order valence-electron chi connectivity index (χ1n) is 7.69. The monoisotopic (exact) mass is 272 g/mol. The van der Waals surface area contributed by atoms with E-state index in [0.29, 0.717) is 5.92 Å². The molecule has 20 heavy (non-hydrogen) atoms. The maximum atomic E-state index is 12.4. The van der Waals surface area contributed by atoms with Crippen molar-refractivity contribution in [2.24, 2.45) is 11.3 Å². The average molecular weight is 272 g/mol. The highest BCUT2D eigenvalue weighted by atomic mass is 16.5. The molecule has 2 heteroatoms. The predicted octanol–water partition coefficient (Wildman–Crippen LogP) is 3.87. The van der Waals surface area contributed by atoms with Gasteiger partial charge in [-0.05, 0) is 55.1 Å². The molecule has 3 atom stereocenters. The number of esters is 1. The number of methoxy groups -OCH3 is 1. The molecule has 2 aliphatic carbocycles. The molecular weight excluding hydrogens is 248 g/mol. The molecule has 0 N–H and O–H groups in total. The molecule has 0 heterocycles. The first-order valence-corrected chi connectivity index (χ1v) is 7.69. The zero-order valence-corrected chi connectivity index (χ0v) is 12.7. The summed E-state index contributed by atoms with van der Waals surface area (Å²) in [4.78, 5) is 12.4. The van der Waals surface area contributed by atoms with Gasteiger partial charge in [-0.1, -0.05) is 37.6 Å². The van der Waals surface area contributed by atoms with E-state index in [2.05, 4.69) is 38.1 Å². The molecule has 3 rings (SSSR count). The summed E-state index contributed by atoms with van der Waals surface area (Å²) in [6.45, 7) is 4.48. The van der Waals surface area contributed by atoms with Crippen LogP contribution in [0.1, 0.15) is 50.7 Å². The van der Waals surface area contributed by atoms with Gasteiger partial charge in [0.15, 0.2) is 0 Å². The van der Waals surface area contributed by atoms with E-state index >= 15 is 0 Å². The molecule has 0 unspecified atom stereocenters. The highest BCUT2D eigenvalue weighted by Crippen LogP contribution is 2.57. The molecule has 0 bridgehead atoms. The molecule has 0 radical (unpaired) electrons. The van der Waals surface area contributed by atoms with Crippen LogP contribution in [-0.2, 0) is 21.4 Å². The number of fused-ring (bicyclic) bond motifs is 3. The minimum Gasteiger partial charge on any atom is -0.469 e. The summed E-state index contributed by atoms with van der Waals surface area (Å²) in [5, 5.41) is 0. The molecule has 0 spiro atoms. The van der Waals surface area contributed by atoms with Gasteiger partial charge in [0.1, 0.15) is 0 Å². The van der Waals surface area contributed by atoms with Crippen molar-refractivity contribution in [1.29, 1.82) is 0 Å². The lowest BCUT2D eigenvalue weighted by atomic mass is 9.50. The molecule has 108 valence electrons. The van der Waals surface area contributed by atoms with Gasteiger partial charge in [0.2, 0.25) is 0 Å². The lowest BCUT2D eigenvalue weighted by Crippen LogP contribution is -2.52. The lowest BCUT2D eigenvalue weighted by Gasteiger charge is -2.54. The molecule has 1 fully saturated rings. The quantitative estimate of drug-likeness (QED) is 0.725. The Morgan fingerprint density at radius 1 is 1.25 bits per heavy atom. The number of hydrogen-bond acceptors (Lipinski definition) is 2. The van der Waals surface area contributed by atoms with Crippen LogP contribution in [0.15, 0.2) is 24.3 Å². The summed E-state index contributed by atoms with van der Waals surface area (Å²) >= 11 is 0. The van der Waals surface area contributed by atoms with Crippen LogP contribution in [0.4, 0.5) is 0 Å². The fraction of sp³-hybridized carbons (Fsp3) is 0.611. The van der Waals surface area contributed by atoms with Gasteiger partial charge in [0.05, 0.1) is 12.5 Å². The van der Waals surface area contributed by atoms with Gasteiger partial charge in [-0.15, -0.1) is 0 Å². The number of carbonyl (C=O) groups is 1. The van der Waals surface area contributed by atoms with Crippen molar-refractivity contribution in [2.75, 3.05) is 7.11 Å². The van der Waals surface area contributed by atoms with Crippen molar-refractivity contribution >= 4 is 5.97 Å². The highest BCUT2D eigenvalue weighted by Gasteiger charge is 2.55. The Kier molecular flexibility index (Phi) is 3.15. The van der Waals surface area contributed by atoms with Crippen molar-refractivity contribution in [3.63, 3.8) is 0 Å². The van der Waals surface area contributed by atoms with Gasteiger partial charge in [0, 0.05) is 0 Å². The van der Waals surface area contributed by atoms with Gasteiger partial charge in [0.25, 0.3) is 0 Å². The summed E-state index contributed by atoms with van der Waals surface area (Å²) in [7, 11) is 1.52. The molecule has 2 nitrogen and oxygen atoms in total. The van der Waals surface area contributed by atoms with E-state index in [9.17, 15) is 4.79 Å². The molecule has 0 saturated heterocycles. The van der Waals surface area contributed by atoms with Crippen molar-refractivity contribution in [1.82, 2.24) is 0 Å². The van der Waals surface area contributed by atoms with Crippen molar-refractivity contribution < 1.29 is 9.53 Å². The Hall–Kier alpha value is -1.31. The molecule has 1 saturated carbocycles. The fourth-order valence-electron chi connectivity index (χ4n) is 4.91. The molecular formula is C18H24O2. The zero-order valence-electron chi connectivity index (χ0n) is 12.7. The topological polar surface area (TPSA) is 26.3 Å². The Balaban J connectivity index is 2.08. The maximum Gasteiger partial charge on any atom is 0.311 e. The van der Waals surface area contributed by atoms with Crippen LogP contribution < -0.4 is 0 Å². The Labute approximate surface area is 121 Å². The van der Waals surface area contributed by atoms with Gasteiger partial charge in [-0.25, -0.2) is 0 Å². The molecule has 0 aromatic heterocycles. The summed E-state index contributed by atoms with van der Waals surface area (Å²) in [6, 6.07) is 8.78. The Bertz CT molecular complexity index is 536. The number of benzene rings is 1. The normalized spacial score (nSPS) is 35.9. The van der Waals surface area contributed by atoms with Crippen LogP contribution in [-0.4, -0.2) is 13.1 Å². The first-order chi connectivity index (χ1) is 9.52. The van der Waals surface area contributed by atoms with Crippen LogP contribution in [0, 0.1) is 11.3 Å². The summed E-state index contributed by atoms with van der Waals surface area (Å²) < 4.78 is 5.14. The minimum atomic E-state index is -0.324. The van der Waals surface area contributed by atoms with E-state index in [1.54, 1.807) is 0 Å². The van der Waals surface area contributed by atoms with E-state index in [1.807, 2.05) is 0 Å². The van der Waals surface area contributed by atoms with Crippen molar-refractivity contribution in [3.05, 3.63) is 35.4 Å². The Morgan fingerprint density at radius 2 is 2.00 bits per heavy atom. The average Bonchev–Trinajstić information content (AvgIpc) is 2.46. The van der Waals surface area contributed by atoms with E-state index < -0.39 is 0 Å². The second kappa shape index (κ2) is 4.61. The molecule has 0 aliphatic heterocycles. The SMILES string of the molecule is COC(=O)[C@]1(C)CCC[C@@]2(C)c3ccccc3CC[C@@H]12. The third kappa shape index (κ3) is 1.73. The van der Waals surface area contributed by atoms with Gasteiger partial charge >= 0.3 is 5.97 Å². The van der Waals surface area contributed by atoms with Crippen molar-refractivity contribution in [3.8, 4) is 0 Å². The van der Waals surface area contributed by atoms with E-state index in [-0.39, 0.29) is 16.8 Å². The fourth-order valence-corrected chi connectivity index (χ4v) is 4.91. The molecule has 2 aliphatic rings. The lowest BCUT2D eigenvalue weighted by molar-refractivity contribution is -0.161. The number of rotatable bonds is 1. The number of aryl methyl sites for hydroxylation is 1. The van der Waals surface area contributed by atoms with Gasteiger partial charge in [-0.2, -0.15) is 0 Å². The first kappa shape index (κ1) is 13.7. The standard InChI is InChI=1S/C18H24O2/c1-17-11-6-12-18(2,16(19)20-3)15(17)10-9-13-7-4-5-8-14(13)17/h4-5,7-8,15H,6,9-12H2,1-3H3/t15-,17+,18-/m1/s1. The summed E-state index contributed by atoms with van der Waals surface area (Å²) in [6.07, 6.45) is 5.43. The van der Waals surface area contributed by atoms with Crippen LogP contribution in [0.3, 0.4) is 0 Å². The third-order valence-electron chi connectivity index (χ3n) is 5.92. The van der Waals surface area contributed by atoms with Gasteiger partial charge < -0.3 is 4.74 Å². The Morgan fingerprint density at radius 3 is 2.75 bits per heavy atom. The number of ether oxygens (including phenoxy) is 1. The van der Waals surface area contributed by atoms with Crippen LogP contribution >= 0.6 is 0 Å². The number of carbonyl (C=O) groups excluding carboxylic acids is 1. The second-order valence-corrected chi connectivity index (χ2v) is 6.93. The predicted molar refractivity (Wildman–Crippen MR) is 79.6 cm³/mol. The number of hydrogen-bond donors (Lipinski definition) is 0. The highest BCUT2D eigenvalue weighted by molar-refractivity contribution is 5.77. The smallest absolute Gasteiger partial charge is 0.311 e. The van der Waals surface area contributed by atoms with Crippen molar-refractivity contribution in [2.45, 2.75) is 51.4 Å². The van der Waals surface area contributed by atoms with E-state index in [1.165, 1.54) is 24.7 Å². The van der Waals surface area contributed by atoms with Gasteiger partial charge in [-0.3, -0.25) is 4.79 Å². The van der Waals surface area contributed by atoms with Crippen LogP contribution in [0.25, 0.3) is 0 Å². The maximum absolute atomic E-state index is 12.4. The van der Waals surface area contributed by atoms with E-state index in [0.717, 1.165) is 25.7 Å². The van der Waals surface area contributed by atoms with Crippen LogP contribution in [0.2, 0.25) is 0 Å². The molecule has 1 aromatic rings. The largest absolute Gasteiger partial charge is 0.469 e. The molecule has 0 amide bonds. The molecule has 1 aromatic carbocycles. The summed E-state index contributed by atoms with van der Waals surface area (Å²) in [5.74, 6) is 0.374. The summed E-state index contributed by atoms with van der Waals surface area (Å²) in [5.41, 5.74) is 2.73. The minimum absolute atomic E-state index is 0.0205. The second-order valence-electron chi connectivity index (χ2n) is 6.93. The zero-order chi connectivity index (χ0) is 14.4. The van der Waals surface area contributed by atoms with E-state index in [4.69, 9.17) is 4.74 Å². The third-order valence-corrected chi connectivity index (χ3v) is 5.92. The van der Waals surface area contributed by atoms with Crippen LogP contribution in [0.5, 0.6) is 0 Å².